The van der Waals surface area contributed by atoms with E-state index in [4.69, 9.17) is 37.4 Å². The molecule has 1 heterocycles. The highest BCUT2D eigenvalue weighted by atomic mass is 35.5. The van der Waals surface area contributed by atoms with Gasteiger partial charge in [0, 0.05) is 17.8 Å². The number of imide groups is 1. The van der Waals surface area contributed by atoms with E-state index in [1.54, 1.807) is 6.07 Å². The van der Waals surface area contributed by atoms with Crippen molar-refractivity contribution in [1.29, 1.82) is 0 Å². The number of nitrogens with zero attached hydrogens (tertiary/aromatic N) is 1. The number of rotatable bonds is 7. The Labute approximate surface area is 194 Å². The molecule has 0 saturated carbocycles. The van der Waals surface area contributed by atoms with Gasteiger partial charge >= 0.3 is 6.03 Å². The van der Waals surface area contributed by atoms with Crippen LogP contribution in [0, 0.1) is 0 Å². The van der Waals surface area contributed by atoms with E-state index < -0.39 is 29.9 Å². The molecule has 4 amide bonds. The fraction of sp³-hybridized carbons (Fsp3) is 0.286. The van der Waals surface area contributed by atoms with Crippen LogP contribution in [0.1, 0.15) is 12.5 Å². The summed E-state index contributed by atoms with van der Waals surface area (Å²) in [5.74, 6) is -0.157. The second kappa shape index (κ2) is 9.13. The molecule has 1 unspecified atom stereocenters. The SMILES string of the molecule is COc1cc(NC(=O)CN2C(=O)NC(C)(c3ccc(Cl)c(Cl)c3)C2=O)cc(OC)c1OC. The first-order valence-corrected chi connectivity index (χ1v) is 10.1. The van der Waals surface area contributed by atoms with E-state index in [1.807, 2.05) is 0 Å². The van der Waals surface area contributed by atoms with Crippen molar-refractivity contribution in [3.8, 4) is 17.2 Å². The minimum absolute atomic E-state index is 0.242. The molecule has 32 heavy (non-hydrogen) atoms. The number of carbonyl (C=O) groups excluding carboxylic acids is 3. The molecule has 11 heteroatoms. The number of amides is 4. The molecule has 2 N–H and O–H groups in total. The van der Waals surface area contributed by atoms with Crippen LogP contribution in [-0.4, -0.2) is 50.6 Å². The van der Waals surface area contributed by atoms with E-state index >= 15 is 0 Å². The number of nitrogens with one attached hydrogen (secondary N) is 2. The smallest absolute Gasteiger partial charge is 0.325 e. The molecule has 1 fully saturated rings. The number of methoxy groups -OCH3 is 3. The fourth-order valence-corrected chi connectivity index (χ4v) is 3.64. The molecule has 1 aliphatic heterocycles. The lowest BCUT2D eigenvalue weighted by molar-refractivity contribution is -0.133. The summed E-state index contributed by atoms with van der Waals surface area (Å²) in [6.45, 7) is 1.03. The minimum Gasteiger partial charge on any atom is -0.493 e. The lowest BCUT2D eigenvalue weighted by Gasteiger charge is -2.22. The average molecular weight is 482 g/mol. The molecule has 0 spiro atoms. The van der Waals surface area contributed by atoms with Crippen LogP contribution in [0.15, 0.2) is 30.3 Å². The quantitative estimate of drug-likeness (QED) is 0.586. The van der Waals surface area contributed by atoms with Crippen LogP contribution in [0.3, 0.4) is 0 Å². The summed E-state index contributed by atoms with van der Waals surface area (Å²) in [6.07, 6.45) is 0. The molecule has 1 atom stereocenters. The third kappa shape index (κ3) is 4.26. The highest BCUT2D eigenvalue weighted by molar-refractivity contribution is 6.42. The Bertz CT molecular complexity index is 1070. The summed E-state index contributed by atoms with van der Waals surface area (Å²) in [4.78, 5) is 39.0. The summed E-state index contributed by atoms with van der Waals surface area (Å²) in [5, 5.41) is 5.80. The predicted octanol–water partition coefficient (Wildman–Crippen LogP) is 3.42. The van der Waals surface area contributed by atoms with Gasteiger partial charge in [0.1, 0.15) is 12.1 Å². The molecule has 170 valence electrons. The van der Waals surface area contributed by atoms with Crippen molar-refractivity contribution in [3.05, 3.63) is 45.9 Å². The molecular formula is C21H21Cl2N3O6. The largest absolute Gasteiger partial charge is 0.493 e. The molecule has 0 bridgehead atoms. The molecule has 0 aromatic heterocycles. The highest BCUT2D eigenvalue weighted by Crippen LogP contribution is 2.40. The first-order valence-electron chi connectivity index (χ1n) is 9.34. The van der Waals surface area contributed by atoms with Gasteiger partial charge in [0.25, 0.3) is 5.91 Å². The maximum Gasteiger partial charge on any atom is 0.325 e. The number of carbonyl (C=O) groups is 3. The van der Waals surface area contributed by atoms with Crippen LogP contribution in [-0.2, 0) is 15.1 Å². The van der Waals surface area contributed by atoms with Gasteiger partial charge in [-0.3, -0.25) is 14.5 Å². The monoisotopic (exact) mass is 481 g/mol. The molecule has 1 aliphatic rings. The van der Waals surface area contributed by atoms with Gasteiger partial charge in [-0.25, -0.2) is 4.79 Å². The van der Waals surface area contributed by atoms with Crippen LogP contribution in [0.25, 0.3) is 0 Å². The zero-order valence-corrected chi connectivity index (χ0v) is 19.3. The van der Waals surface area contributed by atoms with Crippen molar-refractivity contribution < 1.29 is 28.6 Å². The second-order valence-corrected chi connectivity index (χ2v) is 7.85. The van der Waals surface area contributed by atoms with Gasteiger partial charge in [-0.1, -0.05) is 29.3 Å². The first-order chi connectivity index (χ1) is 15.1. The molecular weight excluding hydrogens is 461 g/mol. The molecule has 0 radical (unpaired) electrons. The Kier molecular flexibility index (Phi) is 6.71. The van der Waals surface area contributed by atoms with E-state index in [2.05, 4.69) is 10.6 Å². The molecule has 1 saturated heterocycles. The lowest BCUT2D eigenvalue weighted by atomic mass is 9.92. The van der Waals surface area contributed by atoms with Crippen LogP contribution in [0.2, 0.25) is 10.0 Å². The highest BCUT2D eigenvalue weighted by Gasteiger charge is 2.49. The molecule has 2 aromatic carbocycles. The molecule has 3 rings (SSSR count). The molecule has 2 aromatic rings. The number of ether oxygens (including phenoxy) is 3. The van der Waals surface area contributed by atoms with Gasteiger partial charge in [0.2, 0.25) is 11.7 Å². The standard InChI is InChI=1S/C21H21Cl2N3O6/c1-21(11-5-6-13(22)14(23)7-11)19(28)26(20(29)25-21)10-17(27)24-12-8-15(30-2)18(32-4)16(9-12)31-3/h5-9H,10H2,1-4H3,(H,24,27)(H,25,29). The van der Waals surface area contributed by atoms with Gasteiger partial charge in [-0.15, -0.1) is 0 Å². The third-order valence-electron chi connectivity index (χ3n) is 5.02. The van der Waals surface area contributed by atoms with Crippen molar-refractivity contribution in [3.63, 3.8) is 0 Å². The second-order valence-electron chi connectivity index (χ2n) is 7.04. The normalized spacial score (nSPS) is 17.8. The van der Waals surface area contributed by atoms with Gasteiger partial charge < -0.3 is 24.8 Å². The summed E-state index contributed by atoms with van der Waals surface area (Å²) >= 11 is 12.0. The van der Waals surface area contributed by atoms with E-state index in [0.29, 0.717) is 33.5 Å². The van der Waals surface area contributed by atoms with Crippen LogP contribution < -0.4 is 24.8 Å². The maximum atomic E-state index is 13.0. The van der Waals surface area contributed by atoms with Crippen molar-refractivity contribution >= 4 is 46.7 Å². The van der Waals surface area contributed by atoms with Crippen molar-refractivity contribution in [2.75, 3.05) is 33.2 Å². The average Bonchev–Trinajstić information content (AvgIpc) is 2.98. The zero-order valence-electron chi connectivity index (χ0n) is 17.7. The topological polar surface area (TPSA) is 106 Å². The Hall–Kier alpha value is -3.17. The summed E-state index contributed by atoms with van der Waals surface area (Å²) in [6, 6.07) is 6.98. The lowest BCUT2D eigenvalue weighted by Crippen LogP contribution is -2.42. The Balaban J connectivity index is 1.79. The molecule has 0 aliphatic carbocycles. The molecule has 9 nitrogen and oxygen atoms in total. The van der Waals surface area contributed by atoms with Crippen LogP contribution in [0.4, 0.5) is 10.5 Å². The van der Waals surface area contributed by atoms with Crippen molar-refractivity contribution in [2.24, 2.45) is 0 Å². The first kappa shape index (κ1) is 23.5. The minimum atomic E-state index is -1.39. The fourth-order valence-electron chi connectivity index (χ4n) is 3.34. The summed E-state index contributed by atoms with van der Waals surface area (Å²) in [5.41, 5.74) is -0.611. The van der Waals surface area contributed by atoms with Gasteiger partial charge in [0.15, 0.2) is 11.5 Å². The van der Waals surface area contributed by atoms with Crippen molar-refractivity contribution in [2.45, 2.75) is 12.5 Å². The number of benzene rings is 2. The maximum absolute atomic E-state index is 13.0. The van der Waals surface area contributed by atoms with Gasteiger partial charge in [0.05, 0.1) is 31.4 Å². The predicted molar refractivity (Wildman–Crippen MR) is 119 cm³/mol. The number of halogens is 2. The number of hydrogen-bond donors (Lipinski definition) is 2. The number of hydrogen-bond acceptors (Lipinski definition) is 6. The van der Waals surface area contributed by atoms with Crippen LogP contribution in [0.5, 0.6) is 17.2 Å². The van der Waals surface area contributed by atoms with Gasteiger partial charge in [-0.05, 0) is 24.6 Å². The van der Waals surface area contributed by atoms with Crippen molar-refractivity contribution in [1.82, 2.24) is 10.2 Å². The zero-order chi connectivity index (χ0) is 23.6. The van der Waals surface area contributed by atoms with E-state index in [0.717, 1.165) is 4.90 Å². The Morgan fingerprint density at radius 2 is 1.66 bits per heavy atom. The van der Waals surface area contributed by atoms with Gasteiger partial charge in [-0.2, -0.15) is 0 Å². The Morgan fingerprint density at radius 1 is 1.03 bits per heavy atom. The van der Waals surface area contributed by atoms with E-state index in [9.17, 15) is 14.4 Å². The van der Waals surface area contributed by atoms with E-state index in [-0.39, 0.29) is 5.02 Å². The summed E-state index contributed by atoms with van der Waals surface area (Å²) < 4.78 is 15.8. The third-order valence-corrected chi connectivity index (χ3v) is 5.76. The Morgan fingerprint density at radius 3 is 2.19 bits per heavy atom. The number of urea groups is 1. The van der Waals surface area contributed by atoms with E-state index in [1.165, 1.54) is 52.5 Å². The number of anilines is 1. The summed E-state index contributed by atoms with van der Waals surface area (Å²) in [7, 11) is 4.35. The van der Waals surface area contributed by atoms with Crippen LogP contribution >= 0.6 is 23.2 Å².